The second-order valence-corrected chi connectivity index (χ2v) is 9.11. The van der Waals surface area contributed by atoms with Crippen molar-refractivity contribution in [3.63, 3.8) is 0 Å². The van der Waals surface area contributed by atoms with Crippen molar-refractivity contribution in [2.45, 2.75) is 38.2 Å². The summed E-state index contributed by atoms with van der Waals surface area (Å²) in [5, 5.41) is 9.10. The third-order valence-corrected chi connectivity index (χ3v) is 6.07. The normalized spacial score (nSPS) is 17.8. The molecule has 172 valence electrons. The van der Waals surface area contributed by atoms with E-state index in [1.165, 1.54) is 0 Å². The van der Waals surface area contributed by atoms with Crippen molar-refractivity contribution in [2.24, 2.45) is 0 Å². The van der Waals surface area contributed by atoms with Gasteiger partial charge in [0.15, 0.2) is 17.1 Å². The van der Waals surface area contributed by atoms with Gasteiger partial charge in [-0.05, 0) is 69.2 Å². The van der Waals surface area contributed by atoms with Gasteiger partial charge in [-0.25, -0.2) is 0 Å². The SMILES string of the molecule is CC(C)(Oc1ccc(Cl)cc1)C(=O)N1CCCC(c2nnc(-c3ccc4c(c3)OCO4)o2)C1. The average molecular weight is 470 g/mol. The number of fused-ring (bicyclic) bond motifs is 1. The fourth-order valence-corrected chi connectivity index (χ4v) is 4.26. The molecule has 5 rings (SSSR count). The Morgan fingerprint density at radius 3 is 2.73 bits per heavy atom. The first kappa shape index (κ1) is 21.6. The second kappa shape index (κ2) is 8.59. The lowest BCUT2D eigenvalue weighted by molar-refractivity contribution is -0.146. The minimum absolute atomic E-state index is 0.0377. The number of carbonyl (C=O) groups excluding carboxylic acids is 1. The minimum Gasteiger partial charge on any atom is -0.478 e. The van der Waals surface area contributed by atoms with Crippen LogP contribution in [0.1, 0.15) is 38.5 Å². The van der Waals surface area contributed by atoms with E-state index >= 15 is 0 Å². The molecule has 0 bridgehead atoms. The number of hydrogen-bond donors (Lipinski definition) is 0. The largest absolute Gasteiger partial charge is 0.478 e. The summed E-state index contributed by atoms with van der Waals surface area (Å²) in [6.07, 6.45) is 1.71. The highest BCUT2D eigenvalue weighted by Crippen LogP contribution is 2.36. The number of piperidine rings is 1. The summed E-state index contributed by atoms with van der Waals surface area (Å²) in [4.78, 5) is 15.1. The first-order valence-electron chi connectivity index (χ1n) is 10.9. The summed E-state index contributed by atoms with van der Waals surface area (Å²) < 4.78 is 22.8. The number of halogens is 1. The van der Waals surface area contributed by atoms with E-state index in [1.54, 1.807) is 38.1 Å². The summed E-state index contributed by atoms with van der Waals surface area (Å²) in [7, 11) is 0. The molecule has 2 aromatic carbocycles. The molecule has 1 amide bonds. The van der Waals surface area contributed by atoms with E-state index in [1.807, 2.05) is 23.1 Å². The summed E-state index contributed by atoms with van der Waals surface area (Å²) in [6, 6.07) is 12.5. The molecule has 3 aromatic rings. The van der Waals surface area contributed by atoms with Gasteiger partial charge in [-0.3, -0.25) is 4.79 Å². The van der Waals surface area contributed by atoms with E-state index < -0.39 is 5.60 Å². The zero-order chi connectivity index (χ0) is 23.0. The Labute approximate surface area is 196 Å². The smallest absolute Gasteiger partial charge is 0.266 e. The molecule has 1 atom stereocenters. The third kappa shape index (κ3) is 4.48. The molecule has 2 aliphatic heterocycles. The van der Waals surface area contributed by atoms with Crippen molar-refractivity contribution in [3.05, 3.63) is 53.4 Å². The Morgan fingerprint density at radius 1 is 1.12 bits per heavy atom. The van der Waals surface area contributed by atoms with Crippen LogP contribution in [0.25, 0.3) is 11.5 Å². The quantitative estimate of drug-likeness (QED) is 0.536. The first-order chi connectivity index (χ1) is 15.9. The molecule has 1 aromatic heterocycles. The summed E-state index contributed by atoms with van der Waals surface area (Å²) >= 11 is 5.94. The van der Waals surface area contributed by atoms with Crippen LogP contribution < -0.4 is 14.2 Å². The van der Waals surface area contributed by atoms with Crippen molar-refractivity contribution in [1.29, 1.82) is 0 Å². The standard InChI is InChI=1S/C24H24ClN3O5/c1-24(2,33-18-8-6-17(25)7-9-18)23(29)28-11-3-4-16(13-28)22-27-26-21(32-22)15-5-10-19-20(12-15)31-14-30-19/h5-10,12,16H,3-4,11,13-14H2,1-2H3. The van der Waals surface area contributed by atoms with Crippen LogP contribution in [0, 0.1) is 0 Å². The molecular weight excluding hydrogens is 446 g/mol. The number of likely N-dealkylation sites (tertiary alicyclic amines) is 1. The van der Waals surface area contributed by atoms with E-state index in [9.17, 15) is 4.79 Å². The molecule has 0 spiro atoms. The Hall–Kier alpha value is -3.26. The number of aromatic nitrogens is 2. The number of ether oxygens (including phenoxy) is 3. The Bertz CT molecular complexity index is 1160. The molecule has 3 heterocycles. The van der Waals surface area contributed by atoms with E-state index in [4.69, 9.17) is 30.2 Å². The highest BCUT2D eigenvalue weighted by molar-refractivity contribution is 6.30. The molecule has 1 saturated heterocycles. The van der Waals surface area contributed by atoms with E-state index in [-0.39, 0.29) is 18.6 Å². The molecule has 33 heavy (non-hydrogen) atoms. The Balaban J connectivity index is 1.28. The second-order valence-electron chi connectivity index (χ2n) is 8.67. The lowest BCUT2D eigenvalue weighted by Gasteiger charge is -2.36. The lowest BCUT2D eigenvalue weighted by Crippen LogP contribution is -2.51. The van der Waals surface area contributed by atoms with Crippen molar-refractivity contribution >= 4 is 17.5 Å². The summed E-state index contributed by atoms with van der Waals surface area (Å²) in [5.41, 5.74) is -0.262. The van der Waals surface area contributed by atoms with Gasteiger partial charge < -0.3 is 23.5 Å². The number of benzene rings is 2. The summed E-state index contributed by atoms with van der Waals surface area (Å²) in [5.74, 6) is 2.77. The van der Waals surface area contributed by atoms with Crippen LogP contribution in [-0.2, 0) is 4.79 Å². The number of carbonyl (C=O) groups is 1. The molecule has 0 aliphatic carbocycles. The molecule has 2 aliphatic rings. The van der Waals surface area contributed by atoms with Crippen LogP contribution in [0.3, 0.4) is 0 Å². The maximum Gasteiger partial charge on any atom is 0.266 e. The van der Waals surface area contributed by atoms with E-state index in [0.29, 0.717) is 47.1 Å². The van der Waals surface area contributed by atoms with Crippen LogP contribution in [0.15, 0.2) is 46.9 Å². The predicted molar refractivity (Wildman–Crippen MR) is 121 cm³/mol. The zero-order valence-electron chi connectivity index (χ0n) is 18.4. The lowest BCUT2D eigenvalue weighted by atomic mass is 9.96. The highest BCUT2D eigenvalue weighted by atomic mass is 35.5. The molecule has 0 radical (unpaired) electrons. The van der Waals surface area contributed by atoms with Crippen molar-refractivity contribution in [1.82, 2.24) is 15.1 Å². The Kier molecular flexibility index (Phi) is 5.62. The van der Waals surface area contributed by atoms with E-state index in [2.05, 4.69) is 10.2 Å². The minimum atomic E-state index is -1.03. The van der Waals surface area contributed by atoms with Gasteiger partial charge in [0.2, 0.25) is 18.6 Å². The predicted octanol–water partition coefficient (Wildman–Crippen LogP) is 4.68. The molecule has 1 unspecified atom stereocenters. The van der Waals surface area contributed by atoms with Gasteiger partial charge >= 0.3 is 0 Å². The zero-order valence-corrected chi connectivity index (χ0v) is 19.2. The van der Waals surface area contributed by atoms with Crippen LogP contribution in [0.4, 0.5) is 0 Å². The van der Waals surface area contributed by atoms with Gasteiger partial charge in [0, 0.05) is 23.7 Å². The van der Waals surface area contributed by atoms with Crippen LogP contribution in [-0.4, -0.2) is 46.5 Å². The van der Waals surface area contributed by atoms with Crippen molar-refractivity contribution < 1.29 is 23.4 Å². The number of rotatable bonds is 5. The average Bonchev–Trinajstić information content (AvgIpc) is 3.49. The highest BCUT2D eigenvalue weighted by Gasteiger charge is 2.38. The monoisotopic (exact) mass is 469 g/mol. The molecule has 8 nitrogen and oxygen atoms in total. The topological polar surface area (TPSA) is 86.9 Å². The van der Waals surface area contributed by atoms with Gasteiger partial charge in [0.1, 0.15) is 5.75 Å². The molecule has 0 saturated carbocycles. The first-order valence-corrected chi connectivity index (χ1v) is 11.2. The van der Waals surface area contributed by atoms with Crippen molar-refractivity contribution in [3.8, 4) is 28.7 Å². The molecular formula is C24H24ClN3O5. The van der Waals surface area contributed by atoms with Crippen molar-refractivity contribution in [2.75, 3.05) is 19.9 Å². The number of hydrogen-bond acceptors (Lipinski definition) is 7. The molecule has 9 heteroatoms. The fourth-order valence-electron chi connectivity index (χ4n) is 4.13. The summed E-state index contributed by atoms with van der Waals surface area (Å²) in [6.45, 7) is 4.91. The van der Waals surface area contributed by atoms with Crippen LogP contribution >= 0.6 is 11.6 Å². The number of amides is 1. The van der Waals surface area contributed by atoms with Gasteiger partial charge in [-0.2, -0.15) is 0 Å². The molecule has 1 fully saturated rings. The van der Waals surface area contributed by atoms with E-state index in [0.717, 1.165) is 18.4 Å². The maximum absolute atomic E-state index is 13.3. The van der Waals surface area contributed by atoms with Gasteiger partial charge in [-0.15, -0.1) is 10.2 Å². The van der Waals surface area contributed by atoms with Crippen LogP contribution in [0.2, 0.25) is 5.02 Å². The van der Waals surface area contributed by atoms with Crippen LogP contribution in [0.5, 0.6) is 17.2 Å². The molecule has 0 N–H and O–H groups in total. The third-order valence-electron chi connectivity index (χ3n) is 5.82. The Morgan fingerprint density at radius 2 is 1.91 bits per heavy atom. The van der Waals surface area contributed by atoms with Gasteiger partial charge in [0.05, 0.1) is 5.92 Å². The maximum atomic E-state index is 13.3. The number of nitrogens with zero attached hydrogens (tertiary/aromatic N) is 3. The van der Waals surface area contributed by atoms with Gasteiger partial charge in [0.25, 0.3) is 5.91 Å². The fraction of sp³-hybridized carbons (Fsp3) is 0.375. The van der Waals surface area contributed by atoms with Gasteiger partial charge in [-0.1, -0.05) is 11.6 Å².